The van der Waals surface area contributed by atoms with Crippen molar-refractivity contribution >= 4 is 21.7 Å². The number of hydrogen-bond donors (Lipinski definition) is 1. The third kappa shape index (κ3) is 4.88. The molecule has 2 fully saturated rings. The van der Waals surface area contributed by atoms with Crippen molar-refractivity contribution in [1.29, 1.82) is 0 Å². The SMILES string of the molecule is Cc1ccc(S(=O)(=O)N2CCN(c3ccc(N4CCN(CCO)CC4)nn3)CC2)c(C)c1. The summed E-state index contributed by atoms with van der Waals surface area (Å²) < 4.78 is 27.8. The molecule has 0 bridgehead atoms. The van der Waals surface area contributed by atoms with Gasteiger partial charge >= 0.3 is 0 Å². The second kappa shape index (κ2) is 9.70. The lowest BCUT2D eigenvalue weighted by molar-refractivity contribution is 0.188. The molecule has 2 saturated heterocycles. The monoisotopic (exact) mass is 460 g/mol. The first-order chi connectivity index (χ1) is 15.4. The largest absolute Gasteiger partial charge is 0.395 e. The Morgan fingerprint density at radius 3 is 1.91 bits per heavy atom. The quantitative estimate of drug-likeness (QED) is 0.674. The van der Waals surface area contributed by atoms with Crippen LogP contribution < -0.4 is 9.80 Å². The lowest BCUT2D eigenvalue weighted by Gasteiger charge is -2.36. The van der Waals surface area contributed by atoms with Crippen LogP contribution in [-0.2, 0) is 10.0 Å². The number of aliphatic hydroxyl groups excluding tert-OH is 1. The third-order valence-electron chi connectivity index (χ3n) is 6.26. The summed E-state index contributed by atoms with van der Waals surface area (Å²) in [5.41, 5.74) is 1.84. The van der Waals surface area contributed by atoms with Gasteiger partial charge in [-0.15, -0.1) is 10.2 Å². The Morgan fingerprint density at radius 1 is 0.844 bits per heavy atom. The van der Waals surface area contributed by atoms with E-state index in [4.69, 9.17) is 5.11 Å². The van der Waals surface area contributed by atoms with Crippen LogP contribution >= 0.6 is 0 Å². The minimum absolute atomic E-state index is 0.188. The Morgan fingerprint density at radius 2 is 1.41 bits per heavy atom. The normalized spacial score (nSPS) is 18.8. The summed E-state index contributed by atoms with van der Waals surface area (Å²) in [4.78, 5) is 6.92. The van der Waals surface area contributed by atoms with Crippen molar-refractivity contribution in [2.24, 2.45) is 0 Å². The van der Waals surface area contributed by atoms with E-state index in [1.807, 2.05) is 38.1 Å². The van der Waals surface area contributed by atoms with E-state index >= 15 is 0 Å². The summed E-state index contributed by atoms with van der Waals surface area (Å²) in [6.45, 7) is 10.3. The van der Waals surface area contributed by atoms with Crippen LogP contribution in [0.25, 0.3) is 0 Å². The molecule has 0 unspecified atom stereocenters. The van der Waals surface area contributed by atoms with Crippen molar-refractivity contribution in [2.75, 3.05) is 75.3 Å². The van der Waals surface area contributed by atoms with Gasteiger partial charge in [0.05, 0.1) is 11.5 Å². The molecule has 0 amide bonds. The van der Waals surface area contributed by atoms with E-state index in [1.54, 1.807) is 10.4 Å². The maximum absolute atomic E-state index is 13.1. The van der Waals surface area contributed by atoms with Gasteiger partial charge in [-0.2, -0.15) is 4.31 Å². The Labute approximate surface area is 190 Å². The molecule has 0 radical (unpaired) electrons. The lowest BCUT2D eigenvalue weighted by Crippen LogP contribution is -2.49. The van der Waals surface area contributed by atoms with E-state index in [9.17, 15) is 8.42 Å². The number of sulfonamides is 1. The van der Waals surface area contributed by atoms with Gasteiger partial charge in [-0.25, -0.2) is 8.42 Å². The van der Waals surface area contributed by atoms with Gasteiger partial charge in [0.2, 0.25) is 10.0 Å². The molecule has 9 nitrogen and oxygen atoms in total. The topological polar surface area (TPSA) is 93.1 Å². The zero-order chi connectivity index (χ0) is 22.7. The molecule has 0 atom stereocenters. The number of piperazine rings is 2. The molecule has 1 aromatic carbocycles. The highest BCUT2D eigenvalue weighted by molar-refractivity contribution is 7.89. The maximum Gasteiger partial charge on any atom is 0.243 e. The number of rotatable bonds is 6. The number of benzene rings is 1. The zero-order valence-corrected chi connectivity index (χ0v) is 19.6. The average molecular weight is 461 g/mol. The van der Waals surface area contributed by atoms with Crippen molar-refractivity contribution in [3.8, 4) is 0 Å². The minimum Gasteiger partial charge on any atom is -0.395 e. The second-order valence-electron chi connectivity index (χ2n) is 8.46. The van der Waals surface area contributed by atoms with Crippen molar-refractivity contribution in [2.45, 2.75) is 18.7 Å². The van der Waals surface area contributed by atoms with Gasteiger partial charge in [0.15, 0.2) is 11.6 Å². The molecular formula is C22H32N6O3S. The predicted molar refractivity (Wildman–Crippen MR) is 125 cm³/mol. The molecule has 32 heavy (non-hydrogen) atoms. The third-order valence-corrected chi connectivity index (χ3v) is 8.32. The molecular weight excluding hydrogens is 428 g/mol. The number of aromatic nitrogens is 2. The van der Waals surface area contributed by atoms with Gasteiger partial charge in [0, 0.05) is 58.9 Å². The van der Waals surface area contributed by atoms with Crippen LogP contribution in [0.1, 0.15) is 11.1 Å². The van der Waals surface area contributed by atoms with Crippen LogP contribution in [-0.4, -0.2) is 98.4 Å². The van der Waals surface area contributed by atoms with Crippen LogP contribution in [0, 0.1) is 13.8 Å². The standard InChI is InChI=1S/C22H32N6O3S/c1-18-3-4-20(19(2)17-18)32(30,31)28-13-11-27(12-14-28)22-6-5-21(23-24-22)26-9-7-25(8-10-26)15-16-29/h3-6,17,29H,7-16H2,1-2H3. The first-order valence-electron chi connectivity index (χ1n) is 11.1. The molecule has 2 aromatic rings. The highest BCUT2D eigenvalue weighted by atomic mass is 32.2. The molecule has 0 aliphatic carbocycles. The zero-order valence-electron chi connectivity index (χ0n) is 18.8. The highest BCUT2D eigenvalue weighted by Gasteiger charge is 2.30. The van der Waals surface area contributed by atoms with E-state index in [0.717, 1.165) is 48.9 Å². The molecule has 0 spiro atoms. The van der Waals surface area contributed by atoms with E-state index in [1.165, 1.54) is 0 Å². The summed E-state index contributed by atoms with van der Waals surface area (Å²) >= 11 is 0. The second-order valence-corrected chi connectivity index (χ2v) is 10.4. The number of aryl methyl sites for hydroxylation is 2. The number of anilines is 2. The predicted octanol–water partition coefficient (Wildman–Crippen LogP) is 0.719. The molecule has 2 aliphatic rings. The summed E-state index contributed by atoms with van der Waals surface area (Å²) in [7, 11) is -3.50. The van der Waals surface area contributed by atoms with E-state index in [-0.39, 0.29) is 6.61 Å². The fourth-order valence-electron chi connectivity index (χ4n) is 4.38. The molecule has 3 heterocycles. The van der Waals surface area contributed by atoms with E-state index in [0.29, 0.717) is 37.6 Å². The van der Waals surface area contributed by atoms with Gasteiger partial charge in [0.1, 0.15) is 0 Å². The first kappa shape index (κ1) is 22.9. The van der Waals surface area contributed by atoms with Crippen LogP contribution in [0.3, 0.4) is 0 Å². The fourth-order valence-corrected chi connectivity index (χ4v) is 6.01. The van der Waals surface area contributed by atoms with E-state index < -0.39 is 10.0 Å². The maximum atomic E-state index is 13.1. The summed E-state index contributed by atoms with van der Waals surface area (Å²) in [6.07, 6.45) is 0. The van der Waals surface area contributed by atoms with Crippen molar-refractivity contribution in [3.05, 3.63) is 41.5 Å². The molecule has 174 valence electrons. The number of nitrogens with zero attached hydrogens (tertiary/aromatic N) is 6. The highest BCUT2D eigenvalue weighted by Crippen LogP contribution is 2.24. The summed E-state index contributed by atoms with van der Waals surface area (Å²) in [5, 5.41) is 17.9. The Balaban J connectivity index is 1.35. The van der Waals surface area contributed by atoms with Crippen LogP contribution in [0.2, 0.25) is 0 Å². The number of hydrogen-bond acceptors (Lipinski definition) is 8. The number of aliphatic hydroxyl groups is 1. The van der Waals surface area contributed by atoms with Crippen molar-refractivity contribution in [1.82, 2.24) is 19.4 Å². The minimum atomic E-state index is -3.50. The smallest absolute Gasteiger partial charge is 0.243 e. The van der Waals surface area contributed by atoms with Crippen LogP contribution in [0.4, 0.5) is 11.6 Å². The molecule has 1 aromatic heterocycles. The molecule has 4 rings (SSSR count). The number of β-amino-alcohol motifs (C(OH)–C–C–N with tert-alkyl or cyclic N) is 1. The molecule has 0 saturated carbocycles. The summed E-state index contributed by atoms with van der Waals surface area (Å²) in [6, 6.07) is 9.42. The Bertz CT molecular complexity index is 1010. The van der Waals surface area contributed by atoms with Gasteiger partial charge in [-0.1, -0.05) is 17.7 Å². The summed E-state index contributed by atoms with van der Waals surface area (Å²) in [5.74, 6) is 1.63. The van der Waals surface area contributed by atoms with Gasteiger partial charge in [-0.3, -0.25) is 4.90 Å². The Hall–Kier alpha value is -2.27. The lowest BCUT2D eigenvalue weighted by atomic mass is 10.2. The van der Waals surface area contributed by atoms with Gasteiger partial charge < -0.3 is 14.9 Å². The van der Waals surface area contributed by atoms with Gasteiger partial charge in [0.25, 0.3) is 0 Å². The fraction of sp³-hybridized carbons (Fsp3) is 0.545. The van der Waals surface area contributed by atoms with Crippen LogP contribution in [0.5, 0.6) is 0 Å². The van der Waals surface area contributed by atoms with Gasteiger partial charge in [-0.05, 0) is 37.6 Å². The Kier molecular flexibility index (Phi) is 6.94. The first-order valence-corrected chi connectivity index (χ1v) is 12.6. The molecule has 2 aliphatic heterocycles. The molecule has 1 N–H and O–H groups in total. The van der Waals surface area contributed by atoms with Crippen molar-refractivity contribution in [3.63, 3.8) is 0 Å². The van der Waals surface area contributed by atoms with Crippen LogP contribution in [0.15, 0.2) is 35.2 Å². The molecule has 10 heteroatoms. The average Bonchev–Trinajstić information content (AvgIpc) is 2.80. The van der Waals surface area contributed by atoms with Crippen molar-refractivity contribution < 1.29 is 13.5 Å². The van der Waals surface area contributed by atoms with E-state index in [2.05, 4.69) is 24.9 Å².